The van der Waals surface area contributed by atoms with Gasteiger partial charge in [0.25, 0.3) is 0 Å². The minimum absolute atomic E-state index is 0.0285. The van der Waals surface area contributed by atoms with Crippen LogP contribution in [0.4, 0.5) is 0 Å². The maximum absolute atomic E-state index is 12.3. The molecule has 6 heteroatoms. The van der Waals surface area contributed by atoms with Crippen LogP contribution in [-0.4, -0.2) is 38.4 Å². The highest BCUT2D eigenvalue weighted by Gasteiger charge is 2.66. The van der Waals surface area contributed by atoms with Crippen molar-refractivity contribution in [2.45, 2.75) is 50.9 Å². The third-order valence-electron chi connectivity index (χ3n) is 6.27. The van der Waals surface area contributed by atoms with E-state index in [1.165, 1.54) is 0 Å². The zero-order valence-corrected chi connectivity index (χ0v) is 13.2. The van der Waals surface area contributed by atoms with Crippen molar-refractivity contribution in [1.82, 2.24) is 0 Å². The van der Waals surface area contributed by atoms with E-state index in [1.807, 2.05) is 0 Å². The quantitative estimate of drug-likeness (QED) is 0.574. The van der Waals surface area contributed by atoms with Crippen LogP contribution in [0.2, 0.25) is 0 Å². The minimum Gasteiger partial charge on any atom is -0.461 e. The van der Waals surface area contributed by atoms with E-state index in [2.05, 4.69) is 6.92 Å². The number of hydrogen-bond acceptors (Lipinski definition) is 6. The van der Waals surface area contributed by atoms with Crippen molar-refractivity contribution in [2.75, 3.05) is 20.5 Å². The van der Waals surface area contributed by atoms with Crippen LogP contribution in [0, 0.1) is 23.2 Å². The number of carbonyl (C=O) groups is 1. The van der Waals surface area contributed by atoms with Crippen LogP contribution in [0.3, 0.4) is 0 Å². The number of esters is 1. The number of carbonyl (C=O) groups excluding carboxylic acids is 1. The maximum atomic E-state index is 12.3. The standard InChI is InChI=1S/C16H24O6/c1-15-5-3-6-16(19-9-20-22-16)13(15)12-10(4-7-15)11(8-18-2)14(17)21-12/h10-13H,3-9H2,1-2H3/t10-,11-,12-,13+,15+,16?/m0/s1. The van der Waals surface area contributed by atoms with Gasteiger partial charge in [-0.05, 0) is 31.1 Å². The molecule has 2 saturated carbocycles. The topological polar surface area (TPSA) is 63.2 Å². The van der Waals surface area contributed by atoms with Gasteiger partial charge in [0.15, 0.2) is 6.79 Å². The fourth-order valence-corrected chi connectivity index (χ4v) is 5.30. The van der Waals surface area contributed by atoms with E-state index in [1.54, 1.807) is 7.11 Å². The normalized spacial score (nSPS) is 50.7. The number of fused-ring (bicyclic) bond motifs is 4. The van der Waals surface area contributed by atoms with Crippen LogP contribution in [0.25, 0.3) is 0 Å². The molecule has 4 aliphatic rings. The molecule has 0 aromatic heterocycles. The molecule has 0 aromatic carbocycles. The molecule has 4 fully saturated rings. The lowest BCUT2D eigenvalue weighted by molar-refractivity contribution is -0.369. The van der Waals surface area contributed by atoms with E-state index in [0.717, 1.165) is 32.1 Å². The average molecular weight is 312 g/mol. The molecule has 2 aliphatic carbocycles. The fourth-order valence-electron chi connectivity index (χ4n) is 5.30. The van der Waals surface area contributed by atoms with Crippen molar-refractivity contribution in [2.24, 2.45) is 23.2 Å². The fraction of sp³-hybridized carbons (Fsp3) is 0.938. The van der Waals surface area contributed by atoms with Crippen molar-refractivity contribution >= 4 is 5.97 Å². The number of methoxy groups -OCH3 is 1. The molecular weight excluding hydrogens is 288 g/mol. The highest BCUT2D eigenvalue weighted by atomic mass is 17.3. The van der Waals surface area contributed by atoms with E-state index in [4.69, 9.17) is 24.0 Å². The second-order valence-corrected chi connectivity index (χ2v) is 7.43. The third kappa shape index (κ3) is 1.97. The number of hydrogen-bond donors (Lipinski definition) is 0. The maximum Gasteiger partial charge on any atom is 0.312 e. The Kier molecular flexibility index (Phi) is 3.49. The molecule has 0 N–H and O–H groups in total. The second-order valence-electron chi connectivity index (χ2n) is 7.43. The predicted octanol–water partition coefficient (Wildman–Crippen LogP) is 2.02. The molecule has 2 saturated heterocycles. The molecule has 2 aliphatic heterocycles. The highest BCUT2D eigenvalue weighted by Crippen LogP contribution is 2.61. The lowest BCUT2D eigenvalue weighted by Crippen LogP contribution is -2.59. The molecule has 0 amide bonds. The Morgan fingerprint density at radius 1 is 1.32 bits per heavy atom. The molecule has 2 heterocycles. The van der Waals surface area contributed by atoms with Gasteiger partial charge in [-0.3, -0.25) is 4.79 Å². The first-order valence-electron chi connectivity index (χ1n) is 8.24. The van der Waals surface area contributed by atoms with Crippen LogP contribution in [0.15, 0.2) is 0 Å². The lowest BCUT2D eigenvalue weighted by atomic mass is 9.54. The second kappa shape index (κ2) is 5.16. The van der Waals surface area contributed by atoms with E-state index in [0.29, 0.717) is 6.61 Å². The molecule has 1 unspecified atom stereocenters. The zero-order chi connectivity index (χ0) is 15.4. The molecule has 0 bridgehead atoms. The summed E-state index contributed by atoms with van der Waals surface area (Å²) < 4.78 is 16.9. The molecule has 0 aromatic rings. The van der Waals surface area contributed by atoms with Gasteiger partial charge in [0, 0.05) is 19.4 Å². The molecule has 4 rings (SSSR count). The van der Waals surface area contributed by atoms with Crippen molar-refractivity contribution in [3.63, 3.8) is 0 Å². The summed E-state index contributed by atoms with van der Waals surface area (Å²) in [6, 6.07) is 0. The molecular formula is C16H24O6. The van der Waals surface area contributed by atoms with Crippen molar-refractivity contribution in [1.29, 1.82) is 0 Å². The molecule has 124 valence electrons. The Balaban J connectivity index is 1.69. The summed E-state index contributed by atoms with van der Waals surface area (Å²) in [5.41, 5.74) is 0.0648. The summed E-state index contributed by atoms with van der Waals surface area (Å²) in [6.07, 6.45) is 4.85. The van der Waals surface area contributed by atoms with Crippen LogP contribution < -0.4 is 0 Å². The van der Waals surface area contributed by atoms with Crippen LogP contribution in [0.5, 0.6) is 0 Å². The predicted molar refractivity (Wildman–Crippen MR) is 74.3 cm³/mol. The number of ether oxygens (including phenoxy) is 3. The Morgan fingerprint density at radius 3 is 2.91 bits per heavy atom. The first kappa shape index (κ1) is 14.9. The Labute approximate surface area is 130 Å². The first-order chi connectivity index (χ1) is 10.6. The van der Waals surface area contributed by atoms with Crippen molar-refractivity contribution < 1.29 is 28.8 Å². The zero-order valence-electron chi connectivity index (χ0n) is 13.2. The van der Waals surface area contributed by atoms with Crippen LogP contribution in [0.1, 0.15) is 39.0 Å². The van der Waals surface area contributed by atoms with Crippen LogP contribution >= 0.6 is 0 Å². The summed E-state index contributed by atoms with van der Waals surface area (Å²) in [5.74, 6) is -0.839. The van der Waals surface area contributed by atoms with Gasteiger partial charge in [0.2, 0.25) is 5.79 Å². The smallest absolute Gasteiger partial charge is 0.312 e. The third-order valence-corrected chi connectivity index (χ3v) is 6.27. The largest absolute Gasteiger partial charge is 0.461 e. The van der Waals surface area contributed by atoms with Crippen LogP contribution in [-0.2, 0) is 28.8 Å². The summed E-state index contributed by atoms with van der Waals surface area (Å²) in [5, 5.41) is 0. The summed E-state index contributed by atoms with van der Waals surface area (Å²) in [7, 11) is 1.63. The van der Waals surface area contributed by atoms with Gasteiger partial charge >= 0.3 is 5.97 Å². The Bertz CT molecular complexity index is 460. The number of rotatable bonds is 2. The summed E-state index contributed by atoms with van der Waals surface area (Å²) in [4.78, 5) is 23.0. The van der Waals surface area contributed by atoms with Gasteiger partial charge in [0.1, 0.15) is 6.10 Å². The van der Waals surface area contributed by atoms with Gasteiger partial charge in [-0.2, -0.15) is 4.89 Å². The van der Waals surface area contributed by atoms with Gasteiger partial charge in [0.05, 0.1) is 18.4 Å². The van der Waals surface area contributed by atoms with E-state index in [9.17, 15) is 4.79 Å². The Morgan fingerprint density at radius 2 is 2.18 bits per heavy atom. The average Bonchev–Trinajstić information content (AvgIpc) is 3.05. The highest BCUT2D eigenvalue weighted by molar-refractivity contribution is 5.75. The molecule has 0 radical (unpaired) electrons. The SMILES string of the molecule is COC[C@@H]1C(=O)O[C@H]2[C@H]1CC[C@@]1(C)CCCC3(OCOO3)[C@H]21. The summed E-state index contributed by atoms with van der Waals surface area (Å²) in [6.45, 7) is 2.85. The van der Waals surface area contributed by atoms with Gasteiger partial charge < -0.3 is 14.2 Å². The van der Waals surface area contributed by atoms with Gasteiger partial charge in [-0.1, -0.05) is 6.92 Å². The van der Waals surface area contributed by atoms with Gasteiger partial charge in [-0.25, -0.2) is 4.89 Å². The van der Waals surface area contributed by atoms with E-state index >= 15 is 0 Å². The minimum atomic E-state index is -0.751. The summed E-state index contributed by atoms with van der Waals surface area (Å²) >= 11 is 0. The molecule has 1 spiro atoms. The van der Waals surface area contributed by atoms with E-state index < -0.39 is 5.79 Å². The van der Waals surface area contributed by atoms with E-state index in [-0.39, 0.29) is 42.0 Å². The van der Waals surface area contributed by atoms with Crippen molar-refractivity contribution in [3.05, 3.63) is 0 Å². The molecule has 6 atom stereocenters. The molecule has 6 nitrogen and oxygen atoms in total. The lowest BCUT2D eigenvalue weighted by Gasteiger charge is -2.55. The van der Waals surface area contributed by atoms with Gasteiger partial charge in [-0.15, -0.1) is 0 Å². The Hall–Kier alpha value is -0.690. The monoisotopic (exact) mass is 312 g/mol. The molecule has 22 heavy (non-hydrogen) atoms. The first-order valence-corrected chi connectivity index (χ1v) is 8.24. The van der Waals surface area contributed by atoms with Crippen molar-refractivity contribution in [3.8, 4) is 0 Å².